The minimum absolute atomic E-state index is 0.0105. The molecular formula is C30H36F5NO4S2. The Morgan fingerprint density at radius 1 is 1.00 bits per heavy atom. The van der Waals surface area contributed by atoms with Gasteiger partial charge in [-0.15, -0.1) is 11.8 Å². The van der Waals surface area contributed by atoms with Crippen LogP contribution < -0.4 is 0 Å². The number of benzene rings is 2. The van der Waals surface area contributed by atoms with Crippen molar-refractivity contribution in [3.8, 4) is 11.5 Å². The predicted octanol–water partition coefficient (Wildman–Crippen LogP) is 7.72. The Morgan fingerprint density at radius 3 is 2.40 bits per heavy atom. The lowest BCUT2D eigenvalue weighted by atomic mass is 9.67. The van der Waals surface area contributed by atoms with E-state index in [0.29, 0.717) is 31.8 Å². The average Bonchev–Trinajstić information content (AvgIpc) is 3.38. The summed E-state index contributed by atoms with van der Waals surface area (Å²) in [4.78, 5) is 5.81. The van der Waals surface area contributed by atoms with Gasteiger partial charge in [-0.3, -0.25) is 0 Å². The summed E-state index contributed by atoms with van der Waals surface area (Å²) in [6.07, 6.45) is -4.04. The molecule has 0 spiro atoms. The van der Waals surface area contributed by atoms with Crippen LogP contribution in [0.4, 0.5) is 22.0 Å². The molecule has 12 heteroatoms. The molecule has 2 N–H and O–H groups in total. The zero-order valence-electron chi connectivity index (χ0n) is 23.3. The number of aromatic hydroxyl groups is 2. The highest BCUT2D eigenvalue weighted by molar-refractivity contribution is 7.99. The van der Waals surface area contributed by atoms with Crippen molar-refractivity contribution in [2.24, 2.45) is 4.99 Å². The van der Waals surface area contributed by atoms with Crippen LogP contribution in [0, 0.1) is 0 Å². The Kier molecular flexibility index (Phi) is 10.6. The zero-order chi connectivity index (χ0) is 30.5. The van der Waals surface area contributed by atoms with E-state index in [1.165, 1.54) is 5.56 Å². The van der Waals surface area contributed by atoms with Crippen LogP contribution in [0.15, 0.2) is 52.4 Å². The Hall–Kier alpha value is -2.18. The summed E-state index contributed by atoms with van der Waals surface area (Å²) in [6, 6.07) is 12.9. The first-order valence-corrected chi connectivity index (χ1v) is 16.5. The van der Waals surface area contributed by atoms with Crippen LogP contribution in [-0.2, 0) is 21.3 Å². The number of ether oxygens (including phenoxy) is 1. The fourth-order valence-corrected chi connectivity index (χ4v) is 8.16. The molecule has 2 aliphatic heterocycles. The summed E-state index contributed by atoms with van der Waals surface area (Å²) in [5.74, 6) is -2.65. The van der Waals surface area contributed by atoms with Gasteiger partial charge in [-0.2, -0.15) is 22.0 Å². The highest BCUT2D eigenvalue weighted by Crippen LogP contribution is 2.52. The van der Waals surface area contributed by atoms with Crippen molar-refractivity contribution in [2.75, 3.05) is 23.9 Å². The van der Waals surface area contributed by atoms with E-state index in [1.807, 2.05) is 24.3 Å². The third-order valence-corrected chi connectivity index (χ3v) is 10.9. The number of phenols is 2. The van der Waals surface area contributed by atoms with Gasteiger partial charge in [0.1, 0.15) is 29.6 Å². The third-order valence-electron chi connectivity index (χ3n) is 8.04. The molecule has 0 aliphatic carbocycles. The number of halogens is 5. The van der Waals surface area contributed by atoms with Gasteiger partial charge in [-0.25, -0.2) is 4.99 Å². The van der Waals surface area contributed by atoms with Crippen LogP contribution in [0.5, 0.6) is 11.5 Å². The highest BCUT2D eigenvalue weighted by Gasteiger charge is 2.56. The molecule has 0 saturated heterocycles. The maximum absolute atomic E-state index is 13.0. The van der Waals surface area contributed by atoms with Crippen molar-refractivity contribution >= 4 is 28.8 Å². The van der Waals surface area contributed by atoms with E-state index in [-0.39, 0.29) is 40.4 Å². The molecule has 0 aromatic heterocycles. The van der Waals surface area contributed by atoms with Gasteiger partial charge in [-0.1, -0.05) is 36.3 Å². The minimum Gasteiger partial charge on any atom is -0.616 e. The number of unbranched alkanes of at least 4 members (excludes halogenated alkanes) is 1. The van der Waals surface area contributed by atoms with E-state index in [9.17, 15) is 36.7 Å². The molecule has 2 aromatic carbocycles. The Morgan fingerprint density at radius 2 is 1.69 bits per heavy atom. The average molecular weight is 634 g/mol. The van der Waals surface area contributed by atoms with Crippen molar-refractivity contribution in [3.05, 3.63) is 53.6 Å². The second kappa shape index (κ2) is 13.6. The highest BCUT2D eigenvalue weighted by atomic mass is 32.2. The first kappa shape index (κ1) is 32.7. The molecule has 2 aromatic rings. The molecule has 4 rings (SSSR count). The van der Waals surface area contributed by atoms with E-state index in [4.69, 9.17) is 9.73 Å². The Balaban J connectivity index is 1.27. The van der Waals surface area contributed by atoms with Crippen molar-refractivity contribution in [2.45, 2.75) is 86.2 Å². The van der Waals surface area contributed by atoms with Gasteiger partial charge in [0.15, 0.2) is 5.90 Å². The molecule has 0 amide bonds. The Labute approximate surface area is 250 Å². The number of alkyl halides is 5. The molecule has 0 saturated carbocycles. The molecule has 4 unspecified atom stereocenters. The van der Waals surface area contributed by atoms with E-state index < -0.39 is 36.1 Å². The summed E-state index contributed by atoms with van der Waals surface area (Å²) in [7, 11) is 0. The first-order chi connectivity index (χ1) is 19.8. The summed E-state index contributed by atoms with van der Waals surface area (Å²) < 4.78 is 80.6. The summed E-state index contributed by atoms with van der Waals surface area (Å²) in [6.45, 7) is 2.70. The molecule has 0 fully saturated rings. The van der Waals surface area contributed by atoms with Gasteiger partial charge in [0.05, 0.1) is 6.04 Å². The second-order valence-electron chi connectivity index (χ2n) is 11.2. The van der Waals surface area contributed by atoms with Gasteiger partial charge < -0.3 is 19.5 Å². The van der Waals surface area contributed by atoms with Gasteiger partial charge in [0.25, 0.3) is 0 Å². The Bertz CT molecular complexity index is 1230. The van der Waals surface area contributed by atoms with Gasteiger partial charge in [0.2, 0.25) is 0 Å². The number of thioether (sulfide) groups is 1. The number of fused-ring (bicyclic) bond motifs is 1. The number of hydrogen-bond acceptors (Lipinski definition) is 6. The van der Waals surface area contributed by atoms with Crippen molar-refractivity contribution in [1.29, 1.82) is 0 Å². The molecule has 2 aliphatic rings. The third kappa shape index (κ3) is 8.05. The maximum atomic E-state index is 13.0. The minimum atomic E-state index is -5.58. The first-order valence-electron chi connectivity index (χ1n) is 14.0. The molecule has 0 bridgehead atoms. The SMILES string of the molecule is CC1(c2ccc(O)cc2)CSc2cc(O)ccc2C1CCC1COC(CCCC[S+]([O-])CCCC(F)(F)C(F)(F)F)=N1. The van der Waals surface area contributed by atoms with E-state index >= 15 is 0 Å². The van der Waals surface area contributed by atoms with Crippen LogP contribution in [0.3, 0.4) is 0 Å². The number of rotatable bonds is 13. The molecule has 4 atom stereocenters. The standard InChI is InChI=1S/C30H36F5NO4S2/c1-28(20-6-9-22(37)10-7-20)19-41-26-17-23(38)11-12-24(26)25(28)13-8-21-18-40-27(36-21)5-2-3-15-42(39)16-4-14-29(31,32)30(33,34)35/h6-7,9-12,17,21,25,37-38H,2-5,8,13-16,18-19H2,1H3. The monoisotopic (exact) mass is 633 g/mol. The van der Waals surface area contributed by atoms with Crippen LogP contribution in [0.1, 0.15) is 68.9 Å². The fraction of sp³-hybridized carbons (Fsp3) is 0.567. The zero-order valence-corrected chi connectivity index (χ0v) is 25.0. The summed E-state index contributed by atoms with van der Waals surface area (Å²) >= 11 is 0.261. The maximum Gasteiger partial charge on any atom is 0.453 e. The molecular weight excluding hydrogens is 597 g/mol. The van der Waals surface area contributed by atoms with Crippen LogP contribution >= 0.6 is 11.8 Å². The van der Waals surface area contributed by atoms with E-state index in [1.54, 1.807) is 30.0 Å². The van der Waals surface area contributed by atoms with Crippen LogP contribution in [0.25, 0.3) is 0 Å². The van der Waals surface area contributed by atoms with E-state index in [2.05, 4.69) is 6.92 Å². The molecule has 0 radical (unpaired) electrons. The quantitative estimate of drug-likeness (QED) is 0.134. The topological polar surface area (TPSA) is 85.1 Å². The van der Waals surface area contributed by atoms with Crippen LogP contribution in [-0.4, -0.2) is 62.7 Å². The van der Waals surface area contributed by atoms with Crippen LogP contribution in [0.2, 0.25) is 0 Å². The number of phenolic OH excluding ortho intramolecular Hbond substituents is 2. The lowest BCUT2D eigenvalue weighted by molar-refractivity contribution is -0.284. The molecule has 2 heterocycles. The fourth-order valence-electron chi connectivity index (χ4n) is 5.56. The smallest absolute Gasteiger partial charge is 0.453 e. The van der Waals surface area contributed by atoms with Crippen molar-refractivity contribution in [3.63, 3.8) is 0 Å². The largest absolute Gasteiger partial charge is 0.616 e. The second-order valence-corrected chi connectivity index (χ2v) is 13.9. The van der Waals surface area contributed by atoms with Crippen molar-refractivity contribution < 1.29 is 41.5 Å². The van der Waals surface area contributed by atoms with Gasteiger partial charge >= 0.3 is 12.1 Å². The lowest BCUT2D eigenvalue weighted by Crippen LogP contribution is -2.36. The summed E-state index contributed by atoms with van der Waals surface area (Å²) in [5.41, 5.74) is 2.11. The number of aliphatic imine (C=N–C) groups is 1. The number of hydrogen-bond donors (Lipinski definition) is 2. The van der Waals surface area contributed by atoms with Gasteiger partial charge in [-0.05, 0) is 73.4 Å². The number of nitrogens with zero attached hydrogens (tertiary/aromatic N) is 1. The van der Waals surface area contributed by atoms with Gasteiger partial charge in [0, 0.05) is 28.9 Å². The molecule has 232 valence electrons. The summed E-state index contributed by atoms with van der Waals surface area (Å²) in [5, 5.41) is 19.9. The molecule has 5 nitrogen and oxygen atoms in total. The predicted molar refractivity (Wildman–Crippen MR) is 155 cm³/mol. The van der Waals surface area contributed by atoms with E-state index in [0.717, 1.165) is 29.1 Å². The van der Waals surface area contributed by atoms with Crippen molar-refractivity contribution in [1.82, 2.24) is 0 Å². The normalized spacial score (nSPS) is 23.3. The lowest BCUT2D eigenvalue weighted by Gasteiger charge is -2.43. The molecule has 42 heavy (non-hydrogen) atoms.